The number of fused-ring (bicyclic) bond motifs is 1. The number of amides is 1. The number of hydrogen-bond acceptors (Lipinski definition) is 4. The lowest BCUT2D eigenvalue weighted by molar-refractivity contribution is -0.174. The maximum absolute atomic E-state index is 13.3. The van der Waals surface area contributed by atoms with E-state index in [1.54, 1.807) is 20.8 Å². The molecule has 0 unspecified atom stereocenters. The van der Waals surface area contributed by atoms with Crippen LogP contribution in [0.3, 0.4) is 0 Å². The van der Waals surface area contributed by atoms with Crippen molar-refractivity contribution in [2.45, 2.75) is 58.0 Å². The van der Waals surface area contributed by atoms with Gasteiger partial charge in [-0.25, -0.2) is 14.3 Å². The van der Waals surface area contributed by atoms with Gasteiger partial charge in [-0.1, -0.05) is 0 Å². The highest BCUT2D eigenvalue weighted by atomic mass is 19.4. The van der Waals surface area contributed by atoms with Crippen LogP contribution in [0.2, 0.25) is 0 Å². The Morgan fingerprint density at radius 1 is 1.33 bits per heavy atom. The quantitative estimate of drug-likeness (QED) is 0.841. The van der Waals surface area contributed by atoms with Gasteiger partial charge in [0.25, 0.3) is 0 Å². The Kier molecular flexibility index (Phi) is 4.28. The molecule has 10 heteroatoms. The zero-order chi connectivity index (χ0) is 18.4. The van der Waals surface area contributed by atoms with Crippen molar-refractivity contribution >= 4 is 17.9 Å². The van der Waals surface area contributed by atoms with E-state index in [1.165, 1.54) is 6.92 Å². The van der Waals surface area contributed by atoms with E-state index in [0.717, 1.165) is 11.0 Å². The molecule has 24 heavy (non-hydrogen) atoms. The summed E-state index contributed by atoms with van der Waals surface area (Å²) < 4.78 is 45.5. The number of alkyl halides is 3. The first kappa shape index (κ1) is 18.1. The summed E-state index contributed by atoms with van der Waals surface area (Å²) in [6.45, 7) is 6.31. The van der Waals surface area contributed by atoms with Gasteiger partial charge >= 0.3 is 18.2 Å². The normalized spacial score (nSPS) is 21.4. The van der Waals surface area contributed by atoms with Gasteiger partial charge in [0.15, 0.2) is 11.7 Å². The molecule has 1 amide bonds. The summed E-state index contributed by atoms with van der Waals surface area (Å²) in [7, 11) is 0. The summed E-state index contributed by atoms with van der Waals surface area (Å²) in [6.07, 6.45) is -5.92. The molecule has 2 atom stereocenters. The summed E-state index contributed by atoms with van der Waals surface area (Å²) in [5.41, 5.74) is -1.42. The fraction of sp³-hybridized carbons (Fsp3) is 0.643. The molecule has 7 nitrogen and oxygen atoms in total. The first-order chi connectivity index (χ1) is 10.8. The first-order valence-corrected chi connectivity index (χ1v) is 7.23. The van der Waals surface area contributed by atoms with Crippen LogP contribution >= 0.6 is 0 Å². The SMILES string of the molecule is C[C@@H]1C[C@H](C(F)(F)F)n2nc(C(=O)O)cc2N1C(=O)OC(C)(C)C. The molecule has 1 aromatic rings. The highest BCUT2D eigenvalue weighted by molar-refractivity contribution is 5.91. The van der Waals surface area contributed by atoms with Gasteiger partial charge in [-0.15, -0.1) is 0 Å². The van der Waals surface area contributed by atoms with Crippen LogP contribution in [0.5, 0.6) is 0 Å². The van der Waals surface area contributed by atoms with Crippen LogP contribution in [0.1, 0.15) is 50.6 Å². The maximum atomic E-state index is 13.3. The molecule has 0 fully saturated rings. The van der Waals surface area contributed by atoms with E-state index in [2.05, 4.69) is 5.10 Å². The highest BCUT2D eigenvalue weighted by Gasteiger charge is 2.49. The largest absolute Gasteiger partial charge is 0.476 e. The van der Waals surface area contributed by atoms with Crippen molar-refractivity contribution in [1.82, 2.24) is 9.78 Å². The van der Waals surface area contributed by atoms with Crippen LogP contribution in [-0.4, -0.2) is 44.8 Å². The Balaban J connectivity index is 2.52. The van der Waals surface area contributed by atoms with Crippen LogP contribution in [0.25, 0.3) is 0 Å². The molecule has 2 rings (SSSR count). The van der Waals surface area contributed by atoms with Gasteiger partial charge in [-0.05, 0) is 34.1 Å². The second-order valence-corrected chi connectivity index (χ2v) is 6.63. The summed E-state index contributed by atoms with van der Waals surface area (Å²) >= 11 is 0. The third kappa shape index (κ3) is 3.46. The maximum Gasteiger partial charge on any atom is 0.416 e. The van der Waals surface area contributed by atoms with Crippen LogP contribution in [0.15, 0.2) is 6.07 Å². The lowest BCUT2D eigenvalue weighted by Crippen LogP contribution is -2.49. The lowest BCUT2D eigenvalue weighted by atomic mass is 10.0. The minimum absolute atomic E-state index is 0.247. The number of carboxylic acids is 1. The minimum Gasteiger partial charge on any atom is -0.476 e. The van der Waals surface area contributed by atoms with Crippen LogP contribution in [0, 0.1) is 0 Å². The fourth-order valence-corrected chi connectivity index (χ4v) is 2.51. The molecule has 0 aromatic carbocycles. The van der Waals surface area contributed by atoms with E-state index in [0.29, 0.717) is 4.68 Å². The van der Waals surface area contributed by atoms with Crippen molar-refractivity contribution in [3.05, 3.63) is 11.8 Å². The zero-order valence-corrected chi connectivity index (χ0v) is 13.6. The van der Waals surface area contributed by atoms with E-state index in [9.17, 15) is 22.8 Å². The van der Waals surface area contributed by atoms with E-state index >= 15 is 0 Å². The average Bonchev–Trinajstić information content (AvgIpc) is 2.78. The molecule has 1 aliphatic heterocycles. The van der Waals surface area contributed by atoms with Crippen molar-refractivity contribution in [3.8, 4) is 0 Å². The molecular formula is C14H18F3N3O4. The predicted molar refractivity (Wildman–Crippen MR) is 77.1 cm³/mol. The monoisotopic (exact) mass is 349 g/mol. The molecule has 0 saturated carbocycles. The summed E-state index contributed by atoms with van der Waals surface area (Å²) in [6, 6.07) is -1.90. The van der Waals surface area contributed by atoms with Gasteiger partial charge in [0.2, 0.25) is 0 Å². The topological polar surface area (TPSA) is 84.7 Å². The van der Waals surface area contributed by atoms with Crippen molar-refractivity contribution in [1.29, 1.82) is 0 Å². The standard InChI is InChI=1S/C14H18F3N3O4/c1-7-5-9(14(15,16)17)20-10(6-8(18-20)11(21)22)19(7)12(23)24-13(2,3)4/h6-7,9H,5H2,1-4H3,(H,21,22)/t7-,9-/m1/s1. The van der Waals surface area contributed by atoms with Gasteiger partial charge in [0, 0.05) is 12.1 Å². The van der Waals surface area contributed by atoms with Gasteiger partial charge in [-0.2, -0.15) is 18.3 Å². The van der Waals surface area contributed by atoms with Gasteiger partial charge in [0.1, 0.15) is 11.4 Å². The Morgan fingerprint density at radius 3 is 2.38 bits per heavy atom. The number of nitrogens with zero attached hydrogens (tertiary/aromatic N) is 3. The van der Waals surface area contributed by atoms with Crippen LogP contribution in [-0.2, 0) is 4.74 Å². The predicted octanol–water partition coefficient (Wildman–Crippen LogP) is 3.22. The van der Waals surface area contributed by atoms with Crippen molar-refractivity contribution < 1.29 is 32.6 Å². The molecule has 134 valence electrons. The summed E-state index contributed by atoms with van der Waals surface area (Å²) in [5, 5.41) is 12.5. The van der Waals surface area contributed by atoms with E-state index in [-0.39, 0.29) is 5.82 Å². The van der Waals surface area contributed by atoms with E-state index < -0.39 is 48.0 Å². The fourth-order valence-electron chi connectivity index (χ4n) is 2.51. The van der Waals surface area contributed by atoms with Crippen molar-refractivity contribution in [2.75, 3.05) is 4.90 Å². The second kappa shape index (κ2) is 5.67. The number of aromatic carboxylic acids is 1. The molecule has 0 aliphatic carbocycles. The van der Waals surface area contributed by atoms with Gasteiger partial charge < -0.3 is 9.84 Å². The molecule has 0 radical (unpaired) electrons. The number of rotatable bonds is 1. The number of carbonyl (C=O) groups is 2. The molecule has 1 aliphatic rings. The number of carbonyl (C=O) groups excluding carboxylic acids is 1. The molecule has 0 saturated heterocycles. The molecule has 1 N–H and O–H groups in total. The van der Waals surface area contributed by atoms with Gasteiger partial charge in [-0.3, -0.25) is 4.90 Å². The lowest BCUT2D eigenvalue weighted by Gasteiger charge is -2.38. The number of ether oxygens (including phenoxy) is 1. The number of hydrogen-bond donors (Lipinski definition) is 1. The van der Waals surface area contributed by atoms with E-state index in [1.807, 2.05) is 0 Å². The Morgan fingerprint density at radius 2 is 1.92 bits per heavy atom. The number of anilines is 1. The van der Waals surface area contributed by atoms with E-state index in [4.69, 9.17) is 9.84 Å². The Bertz CT molecular complexity index is 663. The van der Waals surface area contributed by atoms with Crippen molar-refractivity contribution in [3.63, 3.8) is 0 Å². The van der Waals surface area contributed by atoms with Crippen LogP contribution < -0.4 is 4.90 Å². The first-order valence-electron chi connectivity index (χ1n) is 7.23. The molecule has 2 heterocycles. The molecule has 1 aromatic heterocycles. The minimum atomic E-state index is -4.62. The number of aromatic nitrogens is 2. The smallest absolute Gasteiger partial charge is 0.416 e. The summed E-state index contributed by atoms with van der Waals surface area (Å²) in [5.74, 6) is -1.72. The van der Waals surface area contributed by atoms with Crippen molar-refractivity contribution in [2.24, 2.45) is 0 Å². The molecule has 0 spiro atoms. The highest BCUT2D eigenvalue weighted by Crippen LogP contribution is 2.42. The van der Waals surface area contributed by atoms with Crippen LogP contribution in [0.4, 0.5) is 23.8 Å². The Hall–Kier alpha value is -2.26. The zero-order valence-electron chi connectivity index (χ0n) is 13.6. The number of carboxylic acid groups (broad SMARTS) is 1. The molecular weight excluding hydrogens is 331 g/mol. The third-order valence-corrected chi connectivity index (χ3v) is 3.45. The summed E-state index contributed by atoms with van der Waals surface area (Å²) in [4.78, 5) is 24.4. The molecule has 0 bridgehead atoms. The second-order valence-electron chi connectivity index (χ2n) is 6.63. The third-order valence-electron chi connectivity index (χ3n) is 3.45. The Labute approximate surface area is 136 Å². The van der Waals surface area contributed by atoms with Gasteiger partial charge in [0.05, 0.1) is 0 Å². The average molecular weight is 349 g/mol. The number of halogens is 3.